The lowest BCUT2D eigenvalue weighted by molar-refractivity contribution is 0.686. The van der Waals surface area contributed by atoms with Crippen molar-refractivity contribution in [1.82, 2.24) is 9.97 Å². The lowest BCUT2D eigenvalue weighted by Gasteiger charge is -2.09. The SMILES string of the molecule is Cc1cnc(Cl)nc1NCC(C)C. The molecule has 0 amide bonds. The summed E-state index contributed by atoms with van der Waals surface area (Å²) < 4.78 is 0. The van der Waals surface area contributed by atoms with Crippen LogP contribution in [-0.4, -0.2) is 16.5 Å². The first-order valence-electron chi connectivity index (χ1n) is 4.32. The molecule has 0 bridgehead atoms. The van der Waals surface area contributed by atoms with Crippen molar-refractivity contribution in [2.45, 2.75) is 20.8 Å². The second-order valence-electron chi connectivity index (χ2n) is 3.45. The van der Waals surface area contributed by atoms with Gasteiger partial charge in [-0.3, -0.25) is 0 Å². The van der Waals surface area contributed by atoms with E-state index in [1.807, 2.05) is 6.92 Å². The average molecular weight is 200 g/mol. The lowest BCUT2D eigenvalue weighted by atomic mass is 10.2. The third kappa shape index (κ3) is 3.19. The summed E-state index contributed by atoms with van der Waals surface area (Å²) in [7, 11) is 0. The number of nitrogens with one attached hydrogen (secondary N) is 1. The number of rotatable bonds is 3. The highest BCUT2D eigenvalue weighted by Crippen LogP contribution is 2.12. The van der Waals surface area contributed by atoms with Gasteiger partial charge in [0.1, 0.15) is 5.82 Å². The van der Waals surface area contributed by atoms with Crippen LogP contribution in [0, 0.1) is 12.8 Å². The Morgan fingerprint density at radius 3 is 2.85 bits per heavy atom. The standard InChI is InChI=1S/C9H14ClN3/c1-6(2)4-11-8-7(3)5-12-9(10)13-8/h5-6H,4H2,1-3H3,(H,11,12,13). The van der Waals surface area contributed by atoms with Crippen molar-refractivity contribution in [2.24, 2.45) is 5.92 Å². The highest BCUT2D eigenvalue weighted by molar-refractivity contribution is 6.28. The number of anilines is 1. The lowest BCUT2D eigenvalue weighted by Crippen LogP contribution is -2.10. The zero-order valence-corrected chi connectivity index (χ0v) is 8.89. The van der Waals surface area contributed by atoms with Crippen LogP contribution in [0.5, 0.6) is 0 Å². The van der Waals surface area contributed by atoms with Gasteiger partial charge in [-0.1, -0.05) is 13.8 Å². The smallest absolute Gasteiger partial charge is 0.224 e. The zero-order valence-electron chi connectivity index (χ0n) is 8.13. The Kier molecular flexibility index (Phi) is 3.48. The first-order chi connectivity index (χ1) is 6.09. The average Bonchev–Trinajstić information content (AvgIpc) is 2.06. The van der Waals surface area contributed by atoms with Crippen LogP contribution in [-0.2, 0) is 0 Å². The van der Waals surface area contributed by atoms with Crippen LogP contribution < -0.4 is 5.32 Å². The second kappa shape index (κ2) is 4.42. The Morgan fingerprint density at radius 1 is 1.54 bits per heavy atom. The van der Waals surface area contributed by atoms with Gasteiger partial charge in [0.2, 0.25) is 5.28 Å². The third-order valence-corrected chi connectivity index (χ3v) is 1.80. The summed E-state index contributed by atoms with van der Waals surface area (Å²) >= 11 is 5.67. The van der Waals surface area contributed by atoms with Crippen LogP contribution in [0.15, 0.2) is 6.20 Å². The topological polar surface area (TPSA) is 37.8 Å². The van der Waals surface area contributed by atoms with Gasteiger partial charge in [0, 0.05) is 18.3 Å². The van der Waals surface area contributed by atoms with Gasteiger partial charge in [-0.25, -0.2) is 9.97 Å². The Bertz CT molecular complexity index is 286. The van der Waals surface area contributed by atoms with Crippen LogP contribution in [0.3, 0.4) is 0 Å². The number of nitrogens with zero attached hydrogens (tertiary/aromatic N) is 2. The van der Waals surface area contributed by atoms with E-state index in [2.05, 4.69) is 29.1 Å². The molecule has 0 radical (unpaired) electrons. The maximum absolute atomic E-state index is 5.67. The first-order valence-corrected chi connectivity index (χ1v) is 4.70. The van der Waals surface area contributed by atoms with Crippen LogP contribution >= 0.6 is 11.6 Å². The second-order valence-corrected chi connectivity index (χ2v) is 3.78. The van der Waals surface area contributed by atoms with Crippen LogP contribution in [0.25, 0.3) is 0 Å². The Hall–Kier alpha value is -0.830. The number of halogens is 1. The molecule has 0 atom stereocenters. The Labute approximate surface area is 83.5 Å². The van der Waals surface area contributed by atoms with Crippen LogP contribution in [0.2, 0.25) is 5.28 Å². The van der Waals surface area contributed by atoms with Gasteiger partial charge in [0.15, 0.2) is 0 Å². The van der Waals surface area contributed by atoms with Crippen LogP contribution in [0.4, 0.5) is 5.82 Å². The maximum atomic E-state index is 5.67. The van der Waals surface area contributed by atoms with E-state index in [1.165, 1.54) is 0 Å². The molecule has 0 saturated heterocycles. The van der Waals surface area contributed by atoms with Crippen molar-refractivity contribution < 1.29 is 0 Å². The predicted molar refractivity (Wildman–Crippen MR) is 55.1 cm³/mol. The molecule has 3 nitrogen and oxygen atoms in total. The van der Waals surface area contributed by atoms with Gasteiger partial charge in [-0.15, -0.1) is 0 Å². The van der Waals surface area contributed by atoms with Gasteiger partial charge in [-0.2, -0.15) is 0 Å². The van der Waals surface area contributed by atoms with E-state index < -0.39 is 0 Å². The summed E-state index contributed by atoms with van der Waals surface area (Å²) in [5, 5.41) is 3.51. The summed E-state index contributed by atoms with van der Waals surface area (Å²) in [6.07, 6.45) is 1.72. The molecule has 1 aromatic heterocycles. The minimum absolute atomic E-state index is 0.289. The van der Waals surface area contributed by atoms with Gasteiger partial charge in [-0.05, 0) is 24.4 Å². The molecule has 0 spiro atoms. The van der Waals surface area contributed by atoms with Crippen molar-refractivity contribution in [3.63, 3.8) is 0 Å². The Morgan fingerprint density at radius 2 is 2.23 bits per heavy atom. The van der Waals surface area contributed by atoms with Crippen molar-refractivity contribution in [3.05, 3.63) is 17.0 Å². The Balaban J connectivity index is 2.70. The molecule has 4 heteroatoms. The molecule has 1 aromatic rings. The minimum atomic E-state index is 0.289. The highest BCUT2D eigenvalue weighted by Gasteiger charge is 2.02. The molecule has 0 unspecified atom stereocenters. The minimum Gasteiger partial charge on any atom is -0.369 e. The zero-order chi connectivity index (χ0) is 9.84. The molecule has 0 aromatic carbocycles. The van der Waals surface area contributed by atoms with Crippen molar-refractivity contribution in [1.29, 1.82) is 0 Å². The molecule has 0 aliphatic rings. The third-order valence-electron chi connectivity index (χ3n) is 1.62. The van der Waals surface area contributed by atoms with E-state index in [9.17, 15) is 0 Å². The fourth-order valence-electron chi connectivity index (χ4n) is 0.900. The fourth-order valence-corrected chi connectivity index (χ4v) is 1.03. The van der Waals surface area contributed by atoms with Crippen molar-refractivity contribution >= 4 is 17.4 Å². The van der Waals surface area contributed by atoms with E-state index in [-0.39, 0.29) is 5.28 Å². The summed E-state index contributed by atoms with van der Waals surface area (Å²) in [6.45, 7) is 7.14. The van der Waals surface area contributed by atoms with E-state index in [4.69, 9.17) is 11.6 Å². The van der Waals surface area contributed by atoms with Crippen molar-refractivity contribution in [3.8, 4) is 0 Å². The van der Waals surface area contributed by atoms with Gasteiger partial charge >= 0.3 is 0 Å². The summed E-state index contributed by atoms with van der Waals surface area (Å²) in [6, 6.07) is 0. The van der Waals surface area contributed by atoms with E-state index in [1.54, 1.807) is 6.20 Å². The number of hydrogen-bond acceptors (Lipinski definition) is 3. The molecule has 0 aliphatic carbocycles. The monoisotopic (exact) mass is 199 g/mol. The molecule has 1 heterocycles. The van der Waals surface area contributed by atoms with Crippen LogP contribution in [0.1, 0.15) is 19.4 Å². The maximum Gasteiger partial charge on any atom is 0.224 e. The number of aryl methyl sites for hydroxylation is 1. The number of aromatic nitrogens is 2. The fraction of sp³-hybridized carbons (Fsp3) is 0.556. The molecular weight excluding hydrogens is 186 g/mol. The predicted octanol–water partition coefficient (Wildman–Crippen LogP) is 2.51. The summed E-state index contributed by atoms with van der Waals surface area (Å²) in [4.78, 5) is 7.97. The summed E-state index contributed by atoms with van der Waals surface area (Å²) in [5.41, 5.74) is 1.02. The van der Waals surface area contributed by atoms with Gasteiger partial charge < -0.3 is 5.32 Å². The molecule has 0 aliphatic heterocycles. The largest absolute Gasteiger partial charge is 0.369 e. The number of hydrogen-bond donors (Lipinski definition) is 1. The van der Waals surface area contributed by atoms with Gasteiger partial charge in [0.25, 0.3) is 0 Å². The van der Waals surface area contributed by atoms with E-state index in [0.29, 0.717) is 5.92 Å². The molecule has 13 heavy (non-hydrogen) atoms. The van der Waals surface area contributed by atoms with Gasteiger partial charge in [0.05, 0.1) is 0 Å². The molecule has 1 rings (SSSR count). The molecule has 0 saturated carbocycles. The van der Waals surface area contributed by atoms with Crippen molar-refractivity contribution in [2.75, 3.05) is 11.9 Å². The molecule has 72 valence electrons. The molecular formula is C9H14ClN3. The normalized spacial score (nSPS) is 10.5. The van der Waals surface area contributed by atoms with E-state index >= 15 is 0 Å². The highest BCUT2D eigenvalue weighted by atomic mass is 35.5. The first kappa shape index (κ1) is 10.3. The quantitative estimate of drug-likeness (QED) is 0.761. The summed E-state index contributed by atoms with van der Waals surface area (Å²) in [5.74, 6) is 1.42. The van der Waals surface area contributed by atoms with E-state index in [0.717, 1.165) is 17.9 Å². The molecule has 0 fully saturated rings. The molecule has 1 N–H and O–H groups in total.